The molecule has 0 radical (unpaired) electrons. The molecular formula is C23H29N3O2. The van der Waals surface area contributed by atoms with Gasteiger partial charge in [0, 0.05) is 12.2 Å². The molecule has 1 heterocycles. The van der Waals surface area contributed by atoms with Crippen LogP contribution in [0.1, 0.15) is 36.1 Å². The molecule has 0 aliphatic carbocycles. The van der Waals surface area contributed by atoms with Crippen LogP contribution in [-0.2, 0) is 22.6 Å². The van der Waals surface area contributed by atoms with Crippen molar-refractivity contribution in [3.8, 4) is 0 Å². The van der Waals surface area contributed by atoms with E-state index in [1.165, 1.54) is 11.1 Å². The lowest BCUT2D eigenvalue weighted by Gasteiger charge is -2.28. The van der Waals surface area contributed by atoms with E-state index in [2.05, 4.69) is 28.1 Å². The van der Waals surface area contributed by atoms with Crippen LogP contribution < -0.4 is 16.0 Å². The number of fused-ring (bicyclic) bond motifs is 1. The third-order valence-corrected chi connectivity index (χ3v) is 5.28. The Morgan fingerprint density at radius 2 is 1.79 bits per heavy atom. The molecule has 0 fully saturated rings. The lowest BCUT2D eigenvalue weighted by Crippen LogP contribution is -2.54. The van der Waals surface area contributed by atoms with E-state index in [1.54, 1.807) is 0 Å². The number of hydrogen-bond acceptors (Lipinski definition) is 3. The molecule has 0 bridgehead atoms. The lowest BCUT2D eigenvalue weighted by molar-refractivity contribution is -0.128. The molecule has 2 aromatic rings. The highest BCUT2D eigenvalue weighted by Crippen LogP contribution is 2.19. The fourth-order valence-corrected chi connectivity index (χ4v) is 3.59. The number of rotatable bonds is 5. The molecule has 0 spiro atoms. The maximum absolute atomic E-state index is 12.9. The minimum atomic E-state index is -0.591. The molecule has 0 aromatic heterocycles. The highest BCUT2D eigenvalue weighted by molar-refractivity contribution is 5.98. The zero-order chi connectivity index (χ0) is 20.3. The van der Waals surface area contributed by atoms with E-state index in [9.17, 15) is 9.59 Å². The molecule has 0 saturated carbocycles. The van der Waals surface area contributed by atoms with Gasteiger partial charge in [0.1, 0.15) is 6.04 Å². The van der Waals surface area contributed by atoms with E-state index in [4.69, 9.17) is 0 Å². The fourth-order valence-electron chi connectivity index (χ4n) is 3.59. The maximum atomic E-state index is 12.9. The number of carbonyl (C=O) groups excluding carboxylic acids is 2. The molecule has 3 rings (SSSR count). The molecule has 1 aliphatic heterocycles. The number of hydrogen-bond donors (Lipinski definition) is 3. The summed E-state index contributed by atoms with van der Waals surface area (Å²) in [5, 5.41) is 9.20. The van der Waals surface area contributed by atoms with E-state index in [0.717, 1.165) is 16.8 Å². The number of benzene rings is 2. The van der Waals surface area contributed by atoms with Gasteiger partial charge in [0.25, 0.3) is 0 Å². The first-order valence-electron chi connectivity index (χ1n) is 9.84. The van der Waals surface area contributed by atoms with Gasteiger partial charge in [0.05, 0.1) is 6.04 Å². The predicted octanol–water partition coefficient (Wildman–Crippen LogP) is 3.10. The molecule has 5 heteroatoms. The molecule has 28 heavy (non-hydrogen) atoms. The average molecular weight is 380 g/mol. The molecule has 2 atom stereocenters. The molecular weight excluding hydrogens is 350 g/mol. The molecule has 0 unspecified atom stereocenters. The van der Waals surface area contributed by atoms with Crippen molar-refractivity contribution in [2.24, 2.45) is 5.92 Å². The Bertz CT molecular complexity index is 876. The molecule has 0 saturated heterocycles. The van der Waals surface area contributed by atoms with Crippen LogP contribution in [0.5, 0.6) is 0 Å². The third kappa shape index (κ3) is 4.60. The normalized spacial score (nSPS) is 17.0. The van der Waals surface area contributed by atoms with Crippen LogP contribution in [-0.4, -0.2) is 23.9 Å². The van der Waals surface area contributed by atoms with Crippen molar-refractivity contribution in [2.75, 3.05) is 5.32 Å². The summed E-state index contributed by atoms with van der Waals surface area (Å²) in [4.78, 5) is 25.7. The zero-order valence-electron chi connectivity index (χ0n) is 17.0. The van der Waals surface area contributed by atoms with Gasteiger partial charge in [-0.25, -0.2) is 0 Å². The van der Waals surface area contributed by atoms with E-state index in [1.807, 2.05) is 58.0 Å². The molecule has 1 aliphatic rings. The van der Waals surface area contributed by atoms with Gasteiger partial charge in [-0.3, -0.25) is 9.59 Å². The number of amides is 2. The van der Waals surface area contributed by atoms with Crippen LogP contribution in [0.2, 0.25) is 0 Å². The SMILES string of the molecule is Cc1ccc(NC(=O)[C@H](NC(=O)[C@@H]2Cc3ccccc3CN2)C(C)C)c(C)c1. The summed E-state index contributed by atoms with van der Waals surface area (Å²) in [6.45, 7) is 8.53. The Morgan fingerprint density at radius 3 is 2.46 bits per heavy atom. The molecule has 2 aromatic carbocycles. The molecule has 2 amide bonds. The Kier molecular flexibility index (Phi) is 6.15. The van der Waals surface area contributed by atoms with Crippen molar-refractivity contribution in [3.05, 3.63) is 64.7 Å². The number of anilines is 1. The smallest absolute Gasteiger partial charge is 0.247 e. The maximum Gasteiger partial charge on any atom is 0.247 e. The lowest BCUT2D eigenvalue weighted by atomic mass is 9.94. The van der Waals surface area contributed by atoms with Crippen molar-refractivity contribution in [1.29, 1.82) is 0 Å². The highest BCUT2D eigenvalue weighted by Gasteiger charge is 2.30. The molecule has 5 nitrogen and oxygen atoms in total. The second-order valence-electron chi connectivity index (χ2n) is 7.94. The Labute approximate surface area is 166 Å². The van der Waals surface area contributed by atoms with Crippen molar-refractivity contribution >= 4 is 17.5 Å². The second-order valence-corrected chi connectivity index (χ2v) is 7.94. The Balaban J connectivity index is 1.67. The van der Waals surface area contributed by atoms with Gasteiger partial charge < -0.3 is 16.0 Å². The zero-order valence-corrected chi connectivity index (χ0v) is 17.0. The largest absolute Gasteiger partial charge is 0.343 e. The first-order valence-corrected chi connectivity index (χ1v) is 9.84. The van der Waals surface area contributed by atoms with Crippen molar-refractivity contribution < 1.29 is 9.59 Å². The summed E-state index contributed by atoms with van der Waals surface area (Å²) in [6.07, 6.45) is 0.630. The first-order chi connectivity index (χ1) is 13.3. The van der Waals surface area contributed by atoms with Crippen molar-refractivity contribution in [3.63, 3.8) is 0 Å². The number of carbonyl (C=O) groups is 2. The van der Waals surface area contributed by atoms with E-state index in [-0.39, 0.29) is 23.8 Å². The summed E-state index contributed by atoms with van der Waals surface area (Å²) in [5.74, 6) is -0.346. The van der Waals surface area contributed by atoms with Crippen LogP contribution in [0, 0.1) is 19.8 Å². The van der Waals surface area contributed by atoms with Gasteiger partial charge in [-0.05, 0) is 48.9 Å². The number of aryl methyl sites for hydroxylation is 2. The minimum absolute atomic E-state index is 0.0226. The second kappa shape index (κ2) is 8.57. The minimum Gasteiger partial charge on any atom is -0.343 e. The summed E-state index contributed by atoms with van der Waals surface area (Å²) >= 11 is 0. The molecule has 148 valence electrons. The van der Waals surface area contributed by atoms with Crippen LogP contribution >= 0.6 is 0 Å². The first kappa shape index (κ1) is 20.1. The Hall–Kier alpha value is -2.66. The highest BCUT2D eigenvalue weighted by atomic mass is 16.2. The fraction of sp³-hybridized carbons (Fsp3) is 0.391. The quantitative estimate of drug-likeness (QED) is 0.748. The summed E-state index contributed by atoms with van der Waals surface area (Å²) in [7, 11) is 0. The number of nitrogens with one attached hydrogen (secondary N) is 3. The third-order valence-electron chi connectivity index (χ3n) is 5.28. The van der Waals surface area contributed by atoms with Crippen LogP contribution in [0.4, 0.5) is 5.69 Å². The van der Waals surface area contributed by atoms with E-state index in [0.29, 0.717) is 13.0 Å². The van der Waals surface area contributed by atoms with Gasteiger partial charge in [0.2, 0.25) is 11.8 Å². The topological polar surface area (TPSA) is 70.2 Å². The van der Waals surface area contributed by atoms with Gasteiger partial charge >= 0.3 is 0 Å². The van der Waals surface area contributed by atoms with E-state index < -0.39 is 6.04 Å². The standard InChI is InChI=1S/C23H29N3O2/c1-14(2)21(23(28)25-19-10-9-15(3)11-16(19)4)26-22(27)20-12-17-7-5-6-8-18(17)13-24-20/h5-11,14,20-21,24H,12-13H2,1-4H3,(H,25,28)(H,26,27)/t20-,21+/m0/s1. The van der Waals surface area contributed by atoms with Crippen LogP contribution in [0.15, 0.2) is 42.5 Å². The van der Waals surface area contributed by atoms with Gasteiger partial charge in [0.15, 0.2) is 0 Å². The monoisotopic (exact) mass is 379 g/mol. The Morgan fingerprint density at radius 1 is 1.07 bits per heavy atom. The van der Waals surface area contributed by atoms with E-state index >= 15 is 0 Å². The van der Waals surface area contributed by atoms with Gasteiger partial charge in [-0.2, -0.15) is 0 Å². The van der Waals surface area contributed by atoms with Gasteiger partial charge in [-0.1, -0.05) is 55.8 Å². The van der Waals surface area contributed by atoms with Gasteiger partial charge in [-0.15, -0.1) is 0 Å². The summed E-state index contributed by atoms with van der Waals surface area (Å²) < 4.78 is 0. The summed E-state index contributed by atoms with van der Waals surface area (Å²) in [5.41, 5.74) is 5.34. The molecule has 3 N–H and O–H groups in total. The van der Waals surface area contributed by atoms with Crippen LogP contribution in [0.3, 0.4) is 0 Å². The average Bonchev–Trinajstić information content (AvgIpc) is 2.67. The summed E-state index contributed by atoms with van der Waals surface area (Å²) in [6, 6.07) is 13.1. The van der Waals surface area contributed by atoms with Crippen molar-refractivity contribution in [1.82, 2.24) is 10.6 Å². The predicted molar refractivity (Wildman–Crippen MR) is 112 cm³/mol. The van der Waals surface area contributed by atoms with Crippen LogP contribution in [0.25, 0.3) is 0 Å². The van der Waals surface area contributed by atoms with Crippen molar-refractivity contribution in [2.45, 2.75) is 52.7 Å².